The van der Waals surface area contributed by atoms with Crippen molar-refractivity contribution in [1.29, 1.82) is 5.26 Å². The second-order valence-corrected chi connectivity index (χ2v) is 4.09. The summed E-state index contributed by atoms with van der Waals surface area (Å²) in [6.45, 7) is 2.52. The molecule has 2 atom stereocenters. The molecule has 2 unspecified atom stereocenters. The normalized spacial score (nSPS) is 24.4. The Balaban J connectivity index is 2.14. The highest BCUT2D eigenvalue weighted by atomic mass is 79.9. The van der Waals surface area contributed by atoms with E-state index in [9.17, 15) is 0 Å². The van der Waals surface area contributed by atoms with Gasteiger partial charge >= 0.3 is 0 Å². The van der Waals surface area contributed by atoms with Gasteiger partial charge in [-0.25, -0.2) is 0 Å². The van der Waals surface area contributed by atoms with E-state index in [0.29, 0.717) is 12.5 Å². The van der Waals surface area contributed by atoms with Crippen LogP contribution < -0.4 is 4.74 Å². The Morgan fingerprint density at radius 1 is 1.86 bits per heavy atom. The van der Waals surface area contributed by atoms with E-state index in [-0.39, 0.29) is 12.0 Å². The summed E-state index contributed by atoms with van der Waals surface area (Å²) >= 11 is 3.36. The van der Waals surface area contributed by atoms with Crippen molar-refractivity contribution in [3.05, 3.63) is 10.7 Å². The van der Waals surface area contributed by atoms with Crippen LogP contribution >= 0.6 is 15.9 Å². The number of aromatic nitrogens is 2. The predicted octanol–water partition coefficient (Wildman–Crippen LogP) is 2.13. The first kappa shape index (κ1) is 9.53. The summed E-state index contributed by atoms with van der Waals surface area (Å²) in [5.74, 6) is 0.729. The Morgan fingerprint density at radius 3 is 3.21 bits per heavy atom. The van der Waals surface area contributed by atoms with Crippen molar-refractivity contribution in [3.8, 4) is 11.9 Å². The van der Waals surface area contributed by atoms with Crippen molar-refractivity contribution in [2.45, 2.75) is 19.4 Å². The number of ether oxygens (including phenoxy) is 1. The van der Waals surface area contributed by atoms with E-state index in [1.54, 1.807) is 0 Å². The molecule has 1 heterocycles. The van der Waals surface area contributed by atoms with Crippen LogP contribution in [0.25, 0.3) is 0 Å². The smallest absolute Gasteiger partial charge is 0.247 e. The van der Waals surface area contributed by atoms with Gasteiger partial charge in [0.15, 0.2) is 0 Å². The Morgan fingerprint density at radius 2 is 2.64 bits per heavy atom. The van der Waals surface area contributed by atoms with Crippen LogP contribution in [0.5, 0.6) is 5.88 Å². The van der Waals surface area contributed by atoms with E-state index in [2.05, 4.69) is 27.1 Å². The minimum absolute atomic E-state index is 0.122. The molecule has 74 valence electrons. The molecule has 0 spiro atoms. The van der Waals surface area contributed by atoms with Gasteiger partial charge in [0.25, 0.3) is 0 Å². The average Bonchev–Trinajstić information content (AvgIpc) is 2.87. The first-order valence-corrected chi connectivity index (χ1v) is 5.32. The zero-order valence-electron chi connectivity index (χ0n) is 7.77. The number of halogens is 1. The summed E-state index contributed by atoms with van der Waals surface area (Å²) in [5, 5.41) is 12.9. The predicted molar refractivity (Wildman–Crippen MR) is 53.9 cm³/mol. The molecule has 0 aliphatic heterocycles. The van der Waals surface area contributed by atoms with E-state index >= 15 is 0 Å². The fourth-order valence-electron chi connectivity index (χ4n) is 1.37. The van der Waals surface area contributed by atoms with E-state index < -0.39 is 0 Å². The van der Waals surface area contributed by atoms with Crippen LogP contribution in [0.4, 0.5) is 0 Å². The first-order chi connectivity index (χ1) is 6.76. The van der Waals surface area contributed by atoms with Crippen molar-refractivity contribution >= 4 is 15.9 Å². The van der Waals surface area contributed by atoms with Gasteiger partial charge in [0, 0.05) is 6.20 Å². The van der Waals surface area contributed by atoms with Crippen LogP contribution in [0.3, 0.4) is 0 Å². The fourth-order valence-corrected chi connectivity index (χ4v) is 1.77. The minimum atomic E-state index is 0.122. The monoisotopic (exact) mass is 255 g/mol. The maximum Gasteiger partial charge on any atom is 0.247 e. The molecule has 0 saturated heterocycles. The van der Waals surface area contributed by atoms with E-state index in [4.69, 9.17) is 10.00 Å². The highest BCUT2D eigenvalue weighted by molar-refractivity contribution is 9.10. The lowest BCUT2D eigenvalue weighted by atomic mass is 10.5. The zero-order valence-corrected chi connectivity index (χ0v) is 9.36. The van der Waals surface area contributed by atoms with Crippen LogP contribution in [0.1, 0.15) is 19.4 Å². The lowest BCUT2D eigenvalue weighted by Gasteiger charge is -1.97. The number of hydrogen-bond acceptors (Lipinski definition) is 3. The van der Waals surface area contributed by atoms with Crippen LogP contribution in [-0.2, 0) is 0 Å². The van der Waals surface area contributed by atoms with Gasteiger partial charge in [0.1, 0.15) is 0 Å². The lowest BCUT2D eigenvalue weighted by Crippen LogP contribution is -1.98. The molecule has 0 aromatic carbocycles. The standard InChI is InChI=1S/C9H10BrN3O/c1-2-14-9-7(10)5-13(12-9)8-3-6(8)4-11/h5-6,8H,2-3H2,1H3. The molecule has 1 aromatic rings. The molecule has 1 saturated carbocycles. The van der Waals surface area contributed by atoms with Gasteiger partial charge in [0.05, 0.1) is 29.1 Å². The highest BCUT2D eigenvalue weighted by Gasteiger charge is 2.40. The molecule has 1 aromatic heterocycles. The number of nitrogens with zero attached hydrogens (tertiary/aromatic N) is 3. The van der Waals surface area contributed by atoms with E-state index in [0.717, 1.165) is 10.9 Å². The van der Waals surface area contributed by atoms with E-state index in [1.165, 1.54) is 0 Å². The summed E-state index contributed by atoms with van der Waals surface area (Å²) in [7, 11) is 0. The number of nitriles is 1. The molecular formula is C9H10BrN3O. The SMILES string of the molecule is CCOc1nn(C2CC2C#N)cc1Br. The summed E-state index contributed by atoms with van der Waals surface area (Å²) in [5.41, 5.74) is 0. The van der Waals surface area contributed by atoms with Crippen molar-refractivity contribution in [2.75, 3.05) is 6.61 Å². The van der Waals surface area contributed by atoms with Crippen LogP contribution in [0.15, 0.2) is 10.7 Å². The molecule has 2 rings (SSSR count). The third kappa shape index (κ3) is 1.62. The molecule has 0 bridgehead atoms. The molecule has 1 fully saturated rings. The zero-order chi connectivity index (χ0) is 10.1. The van der Waals surface area contributed by atoms with E-state index in [1.807, 2.05) is 17.8 Å². The first-order valence-electron chi connectivity index (χ1n) is 4.53. The van der Waals surface area contributed by atoms with Gasteiger partial charge in [-0.3, -0.25) is 4.68 Å². The van der Waals surface area contributed by atoms with Crippen molar-refractivity contribution in [1.82, 2.24) is 9.78 Å². The quantitative estimate of drug-likeness (QED) is 0.832. The molecule has 1 aliphatic carbocycles. The molecule has 4 nitrogen and oxygen atoms in total. The minimum Gasteiger partial charge on any atom is -0.476 e. The Labute approximate surface area is 90.6 Å². The summed E-state index contributed by atoms with van der Waals surface area (Å²) in [6, 6.07) is 2.47. The fraction of sp³-hybridized carbons (Fsp3) is 0.556. The van der Waals surface area contributed by atoms with Gasteiger partial charge in [-0.2, -0.15) is 5.26 Å². The van der Waals surface area contributed by atoms with Crippen LogP contribution in [0.2, 0.25) is 0 Å². The molecule has 14 heavy (non-hydrogen) atoms. The topological polar surface area (TPSA) is 50.8 Å². The van der Waals surface area contributed by atoms with Crippen molar-refractivity contribution in [3.63, 3.8) is 0 Å². The molecule has 5 heteroatoms. The van der Waals surface area contributed by atoms with Gasteiger partial charge in [0.2, 0.25) is 5.88 Å². The van der Waals surface area contributed by atoms with Gasteiger partial charge in [-0.05, 0) is 29.3 Å². The van der Waals surface area contributed by atoms with Crippen LogP contribution in [-0.4, -0.2) is 16.4 Å². The van der Waals surface area contributed by atoms with Gasteiger partial charge < -0.3 is 4.74 Å². The maximum absolute atomic E-state index is 8.68. The third-order valence-electron chi connectivity index (χ3n) is 2.20. The summed E-state index contributed by atoms with van der Waals surface area (Å²) in [6.07, 6.45) is 2.77. The summed E-state index contributed by atoms with van der Waals surface area (Å²) < 4.78 is 7.96. The second-order valence-electron chi connectivity index (χ2n) is 3.23. The van der Waals surface area contributed by atoms with Gasteiger partial charge in [-0.15, -0.1) is 5.10 Å². The Bertz CT molecular complexity index is 382. The second kappa shape index (κ2) is 3.62. The van der Waals surface area contributed by atoms with Crippen molar-refractivity contribution in [2.24, 2.45) is 5.92 Å². The lowest BCUT2D eigenvalue weighted by molar-refractivity contribution is 0.319. The number of hydrogen-bond donors (Lipinski definition) is 0. The van der Waals surface area contributed by atoms with Crippen molar-refractivity contribution < 1.29 is 4.74 Å². The van der Waals surface area contributed by atoms with Crippen LogP contribution in [0, 0.1) is 17.2 Å². The molecular weight excluding hydrogens is 246 g/mol. The molecule has 0 radical (unpaired) electrons. The maximum atomic E-state index is 8.68. The molecule has 0 amide bonds. The number of rotatable bonds is 3. The summed E-state index contributed by atoms with van der Waals surface area (Å²) in [4.78, 5) is 0. The molecule has 0 N–H and O–H groups in total. The Hall–Kier alpha value is -1.02. The third-order valence-corrected chi connectivity index (χ3v) is 2.74. The molecule has 1 aliphatic rings. The largest absolute Gasteiger partial charge is 0.476 e. The highest BCUT2D eigenvalue weighted by Crippen LogP contribution is 2.43. The Kier molecular flexibility index (Phi) is 2.46. The van der Waals surface area contributed by atoms with Gasteiger partial charge in [-0.1, -0.05) is 0 Å². The average molecular weight is 256 g/mol.